The van der Waals surface area contributed by atoms with Crippen molar-refractivity contribution in [2.24, 2.45) is 10.2 Å². The summed E-state index contributed by atoms with van der Waals surface area (Å²) in [4.78, 5) is 28.7. The summed E-state index contributed by atoms with van der Waals surface area (Å²) in [6, 6.07) is 12.7. The number of aromatic carboxylic acids is 2. The number of hydrogen-bond donors (Lipinski definition) is 2. The predicted octanol–water partition coefficient (Wildman–Crippen LogP) is 3.98. The van der Waals surface area contributed by atoms with Gasteiger partial charge >= 0.3 is 11.9 Å². The van der Waals surface area contributed by atoms with Crippen LogP contribution >= 0.6 is 0 Å². The van der Waals surface area contributed by atoms with Crippen LogP contribution in [-0.4, -0.2) is 32.1 Å². The van der Waals surface area contributed by atoms with Gasteiger partial charge in [-0.15, -0.1) is 0 Å². The lowest BCUT2D eigenvalue weighted by molar-refractivity contribution is 0.0651. The Balaban J connectivity index is 0.000000190. The summed E-state index contributed by atoms with van der Waals surface area (Å²) < 4.78 is 0. The monoisotopic (exact) mass is 350 g/mol. The van der Waals surface area contributed by atoms with Gasteiger partial charge in [0.25, 0.3) is 0 Å². The number of carbonyl (C=O) groups is 2. The first-order chi connectivity index (χ1) is 12.6. The van der Waals surface area contributed by atoms with E-state index in [1.807, 2.05) is 0 Å². The summed E-state index contributed by atoms with van der Waals surface area (Å²) in [5, 5.41) is 25.2. The molecule has 0 saturated carbocycles. The van der Waals surface area contributed by atoms with Crippen molar-refractivity contribution in [3.8, 4) is 0 Å². The Bertz CT molecular complexity index is 825. The maximum Gasteiger partial charge on any atom is 0.336 e. The van der Waals surface area contributed by atoms with Crippen LogP contribution in [0.15, 0.2) is 83.5 Å². The van der Waals surface area contributed by atoms with Crippen molar-refractivity contribution >= 4 is 23.3 Å². The topological polar surface area (TPSA) is 125 Å². The molecule has 8 nitrogen and oxygen atoms in total. The van der Waals surface area contributed by atoms with Crippen molar-refractivity contribution in [2.75, 3.05) is 0 Å². The van der Waals surface area contributed by atoms with E-state index in [2.05, 4.69) is 20.2 Å². The molecule has 0 fully saturated rings. The molecule has 26 heavy (non-hydrogen) atoms. The highest BCUT2D eigenvalue weighted by atomic mass is 16.4. The van der Waals surface area contributed by atoms with E-state index in [1.165, 1.54) is 24.3 Å². The van der Waals surface area contributed by atoms with Crippen molar-refractivity contribution < 1.29 is 19.8 Å². The van der Waals surface area contributed by atoms with Crippen LogP contribution in [0.3, 0.4) is 0 Å². The summed E-state index contributed by atoms with van der Waals surface area (Å²) in [5.74, 6) is -2.46. The number of carboxylic acids is 2. The maximum absolute atomic E-state index is 10.5. The minimum Gasteiger partial charge on any atom is -0.478 e. The van der Waals surface area contributed by atoms with Crippen LogP contribution in [0.1, 0.15) is 20.7 Å². The van der Waals surface area contributed by atoms with Gasteiger partial charge in [0.2, 0.25) is 0 Å². The van der Waals surface area contributed by atoms with E-state index in [4.69, 9.17) is 10.2 Å². The number of pyridine rings is 2. The Kier molecular flexibility index (Phi) is 6.64. The van der Waals surface area contributed by atoms with Gasteiger partial charge in [-0.25, -0.2) is 9.59 Å². The standard InChI is InChI=1S/C10H8N4.C8H6O4/c1-5-11-6-2-9(1)13-14-10-3-7-12-8-4-10;9-7(10)5-3-1-2-4-6(5)8(11)12/h1-8H;1-4H,(H,9,10)(H,11,12). The van der Waals surface area contributed by atoms with E-state index < -0.39 is 11.9 Å². The fraction of sp³-hybridized carbons (Fsp3) is 0. The summed E-state index contributed by atoms with van der Waals surface area (Å²) in [6.07, 6.45) is 6.73. The van der Waals surface area contributed by atoms with E-state index in [0.717, 1.165) is 11.4 Å². The van der Waals surface area contributed by atoms with Crippen LogP contribution in [0.25, 0.3) is 0 Å². The molecule has 0 aliphatic heterocycles. The molecule has 1 aromatic carbocycles. The number of aromatic nitrogens is 2. The highest BCUT2D eigenvalue weighted by molar-refractivity contribution is 6.01. The molecule has 0 spiro atoms. The smallest absolute Gasteiger partial charge is 0.336 e. The van der Waals surface area contributed by atoms with Gasteiger partial charge in [-0.3, -0.25) is 9.97 Å². The largest absolute Gasteiger partial charge is 0.478 e. The molecule has 0 aliphatic carbocycles. The van der Waals surface area contributed by atoms with Gasteiger partial charge in [-0.2, -0.15) is 10.2 Å². The second-order valence-corrected chi connectivity index (χ2v) is 4.77. The molecular formula is C18H14N4O4. The van der Waals surface area contributed by atoms with E-state index in [0.29, 0.717) is 0 Å². The zero-order valence-electron chi connectivity index (χ0n) is 13.4. The Hall–Kier alpha value is -3.94. The summed E-state index contributed by atoms with van der Waals surface area (Å²) in [6.45, 7) is 0. The molecule has 3 aromatic rings. The Morgan fingerprint density at radius 3 is 1.31 bits per heavy atom. The number of rotatable bonds is 4. The van der Waals surface area contributed by atoms with Gasteiger partial charge in [0, 0.05) is 24.8 Å². The number of benzene rings is 1. The SMILES string of the molecule is O=C(O)c1ccccc1C(=O)O.c1cc(N=Nc2ccncc2)ccn1. The van der Waals surface area contributed by atoms with Crippen LogP contribution in [0.5, 0.6) is 0 Å². The molecule has 0 amide bonds. The van der Waals surface area contributed by atoms with E-state index >= 15 is 0 Å². The molecule has 0 unspecified atom stereocenters. The molecular weight excluding hydrogens is 336 g/mol. The molecule has 0 radical (unpaired) electrons. The summed E-state index contributed by atoms with van der Waals surface area (Å²) in [5.41, 5.74) is 1.20. The van der Waals surface area contributed by atoms with E-state index in [1.54, 1.807) is 49.1 Å². The Morgan fingerprint density at radius 1 is 0.654 bits per heavy atom. The molecule has 0 bridgehead atoms. The fourth-order valence-corrected chi connectivity index (χ4v) is 1.79. The second-order valence-electron chi connectivity index (χ2n) is 4.77. The van der Waals surface area contributed by atoms with Gasteiger partial charge in [0.1, 0.15) is 0 Å². The lowest BCUT2D eigenvalue weighted by atomic mass is 10.1. The summed E-state index contributed by atoms with van der Waals surface area (Å²) in [7, 11) is 0. The molecule has 130 valence electrons. The lowest BCUT2D eigenvalue weighted by Gasteiger charge is -1.98. The first kappa shape index (κ1) is 18.4. The average Bonchev–Trinajstić information content (AvgIpc) is 2.68. The number of azo groups is 1. The summed E-state index contributed by atoms with van der Waals surface area (Å²) >= 11 is 0. The number of carboxylic acid groups (broad SMARTS) is 2. The molecule has 2 N–H and O–H groups in total. The third-order valence-electron chi connectivity index (χ3n) is 2.99. The highest BCUT2D eigenvalue weighted by Crippen LogP contribution is 2.15. The quantitative estimate of drug-likeness (QED) is 0.686. The average molecular weight is 350 g/mol. The Morgan fingerprint density at radius 2 is 1.00 bits per heavy atom. The number of nitrogens with zero attached hydrogens (tertiary/aromatic N) is 4. The van der Waals surface area contributed by atoms with Crippen LogP contribution in [0.4, 0.5) is 11.4 Å². The van der Waals surface area contributed by atoms with Crippen LogP contribution < -0.4 is 0 Å². The zero-order valence-corrected chi connectivity index (χ0v) is 13.4. The lowest BCUT2D eigenvalue weighted by Crippen LogP contribution is -2.06. The second kappa shape index (κ2) is 9.38. The molecule has 0 atom stereocenters. The van der Waals surface area contributed by atoms with Crippen molar-refractivity contribution in [3.63, 3.8) is 0 Å². The minimum atomic E-state index is -1.23. The van der Waals surface area contributed by atoms with Gasteiger partial charge in [0.05, 0.1) is 22.5 Å². The normalized spacial score (nSPS) is 10.0. The Labute approximate surface area is 148 Å². The maximum atomic E-state index is 10.5. The molecule has 0 aliphatic rings. The molecule has 8 heteroatoms. The van der Waals surface area contributed by atoms with Crippen molar-refractivity contribution in [1.82, 2.24) is 9.97 Å². The van der Waals surface area contributed by atoms with Gasteiger partial charge in [0.15, 0.2) is 0 Å². The van der Waals surface area contributed by atoms with E-state index in [-0.39, 0.29) is 11.1 Å². The predicted molar refractivity (Wildman–Crippen MR) is 93.0 cm³/mol. The van der Waals surface area contributed by atoms with Crippen molar-refractivity contribution in [1.29, 1.82) is 0 Å². The minimum absolute atomic E-state index is 0.190. The fourth-order valence-electron chi connectivity index (χ4n) is 1.79. The molecule has 3 rings (SSSR count). The van der Waals surface area contributed by atoms with Crippen LogP contribution in [0.2, 0.25) is 0 Å². The molecule has 2 aromatic heterocycles. The van der Waals surface area contributed by atoms with Gasteiger partial charge in [-0.1, -0.05) is 12.1 Å². The van der Waals surface area contributed by atoms with Crippen LogP contribution in [-0.2, 0) is 0 Å². The van der Waals surface area contributed by atoms with Gasteiger partial charge in [-0.05, 0) is 36.4 Å². The molecule has 2 heterocycles. The van der Waals surface area contributed by atoms with Crippen molar-refractivity contribution in [3.05, 3.63) is 84.4 Å². The van der Waals surface area contributed by atoms with Crippen molar-refractivity contribution in [2.45, 2.75) is 0 Å². The van der Waals surface area contributed by atoms with Gasteiger partial charge < -0.3 is 10.2 Å². The van der Waals surface area contributed by atoms with E-state index in [9.17, 15) is 9.59 Å². The first-order valence-electron chi connectivity index (χ1n) is 7.35. The third kappa shape index (κ3) is 5.60. The molecule has 0 saturated heterocycles. The first-order valence-corrected chi connectivity index (χ1v) is 7.35. The van der Waals surface area contributed by atoms with Crippen LogP contribution in [0, 0.1) is 0 Å². The third-order valence-corrected chi connectivity index (χ3v) is 2.99. The highest BCUT2D eigenvalue weighted by Gasteiger charge is 2.13. The zero-order chi connectivity index (χ0) is 18.8. The number of hydrogen-bond acceptors (Lipinski definition) is 6.